The summed E-state index contributed by atoms with van der Waals surface area (Å²) < 4.78 is 0. The Morgan fingerprint density at radius 1 is 1.17 bits per heavy atom. The quantitative estimate of drug-likeness (QED) is 0.746. The third kappa shape index (κ3) is 3.11. The maximum Gasteiger partial charge on any atom is 0.228 e. The van der Waals surface area contributed by atoms with Gasteiger partial charge < -0.3 is 14.8 Å². The van der Waals surface area contributed by atoms with Crippen molar-refractivity contribution in [2.24, 2.45) is 5.92 Å². The third-order valence-corrected chi connectivity index (χ3v) is 6.30. The second-order valence-electron chi connectivity index (χ2n) is 8.07. The molecular weight excluding hydrogens is 362 g/mol. The number of nitrogens with one attached hydrogen (secondary N) is 1. The molecule has 2 aliphatic heterocycles. The molecule has 1 fully saturated rings. The van der Waals surface area contributed by atoms with Crippen LogP contribution in [0.5, 0.6) is 0 Å². The van der Waals surface area contributed by atoms with Gasteiger partial charge in [-0.25, -0.2) is 0 Å². The number of para-hydroxylation sites is 1. The summed E-state index contributed by atoms with van der Waals surface area (Å²) in [5, 5.41) is 1.19. The van der Waals surface area contributed by atoms with Gasteiger partial charge in [0.05, 0.1) is 5.92 Å². The van der Waals surface area contributed by atoms with E-state index in [4.69, 9.17) is 0 Å². The normalized spacial score (nSPS) is 19.1. The molecule has 5 nitrogen and oxygen atoms in total. The summed E-state index contributed by atoms with van der Waals surface area (Å²) in [6.07, 6.45) is 2.06. The number of aromatic amines is 1. The number of aromatic nitrogens is 1. The number of carbonyl (C=O) groups is 2. The van der Waals surface area contributed by atoms with Crippen molar-refractivity contribution < 1.29 is 9.59 Å². The zero-order chi connectivity index (χ0) is 20.0. The van der Waals surface area contributed by atoms with Crippen molar-refractivity contribution in [2.75, 3.05) is 18.0 Å². The van der Waals surface area contributed by atoms with Gasteiger partial charge in [0.15, 0.2) is 0 Å². The van der Waals surface area contributed by atoms with Gasteiger partial charge >= 0.3 is 0 Å². The average Bonchev–Trinajstić information content (AvgIpc) is 3.33. The molecule has 5 rings (SSSR count). The number of hydrogen-bond acceptors (Lipinski definition) is 2. The first-order valence-electron chi connectivity index (χ1n) is 10.4. The monoisotopic (exact) mass is 387 g/mol. The van der Waals surface area contributed by atoms with E-state index in [-0.39, 0.29) is 17.7 Å². The van der Waals surface area contributed by atoms with Crippen LogP contribution in [0, 0.1) is 5.92 Å². The molecule has 148 valence electrons. The second kappa shape index (κ2) is 7.07. The van der Waals surface area contributed by atoms with E-state index in [0.717, 1.165) is 24.0 Å². The Hall–Kier alpha value is -3.08. The number of nitrogens with zero attached hydrogens (tertiary/aromatic N) is 2. The molecule has 0 radical (unpaired) electrons. The average molecular weight is 387 g/mol. The lowest BCUT2D eigenvalue weighted by Gasteiger charge is -2.29. The van der Waals surface area contributed by atoms with Crippen LogP contribution in [0.2, 0.25) is 0 Å². The lowest BCUT2D eigenvalue weighted by molar-refractivity contribution is -0.136. The van der Waals surface area contributed by atoms with E-state index >= 15 is 0 Å². The van der Waals surface area contributed by atoms with Gasteiger partial charge in [0.1, 0.15) is 0 Å². The molecule has 0 aliphatic carbocycles. The van der Waals surface area contributed by atoms with Gasteiger partial charge in [-0.2, -0.15) is 0 Å². The van der Waals surface area contributed by atoms with Crippen molar-refractivity contribution in [2.45, 2.75) is 32.7 Å². The Morgan fingerprint density at radius 3 is 2.90 bits per heavy atom. The smallest absolute Gasteiger partial charge is 0.228 e. The van der Waals surface area contributed by atoms with Gasteiger partial charge in [-0.3, -0.25) is 9.59 Å². The van der Waals surface area contributed by atoms with Crippen molar-refractivity contribution in [3.8, 4) is 0 Å². The summed E-state index contributed by atoms with van der Waals surface area (Å²) in [5.74, 6) is -0.121. The summed E-state index contributed by atoms with van der Waals surface area (Å²) in [6, 6.07) is 16.3. The molecule has 29 heavy (non-hydrogen) atoms. The molecule has 0 spiro atoms. The molecule has 2 amide bonds. The van der Waals surface area contributed by atoms with Crippen LogP contribution in [-0.4, -0.2) is 34.8 Å². The lowest BCUT2D eigenvalue weighted by atomic mass is 10.0. The van der Waals surface area contributed by atoms with E-state index in [0.29, 0.717) is 26.1 Å². The molecule has 1 aromatic heterocycles. The number of hydrogen-bond donors (Lipinski definition) is 1. The van der Waals surface area contributed by atoms with Crippen molar-refractivity contribution >= 4 is 28.4 Å². The first kappa shape index (κ1) is 18.0. The molecule has 2 aliphatic rings. The number of amides is 2. The predicted octanol–water partition coefficient (Wildman–Crippen LogP) is 3.67. The number of fused-ring (bicyclic) bond motifs is 3. The Morgan fingerprint density at radius 2 is 2.03 bits per heavy atom. The van der Waals surface area contributed by atoms with Gasteiger partial charge in [0.25, 0.3) is 0 Å². The van der Waals surface area contributed by atoms with Gasteiger partial charge in [-0.15, -0.1) is 0 Å². The van der Waals surface area contributed by atoms with Gasteiger partial charge in [0.2, 0.25) is 11.8 Å². The molecular formula is C24H25N3O2. The Bertz CT molecular complexity index is 1100. The summed E-state index contributed by atoms with van der Waals surface area (Å²) in [6.45, 7) is 3.90. The highest BCUT2D eigenvalue weighted by Crippen LogP contribution is 2.31. The minimum atomic E-state index is -0.264. The van der Waals surface area contributed by atoms with Crippen LogP contribution in [0.1, 0.15) is 30.2 Å². The minimum absolute atomic E-state index is 0.0430. The van der Waals surface area contributed by atoms with E-state index in [9.17, 15) is 9.59 Å². The van der Waals surface area contributed by atoms with Crippen molar-refractivity contribution in [3.63, 3.8) is 0 Å². The Kier molecular flexibility index (Phi) is 4.38. The minimum Gasteiger partial charge on any atom is -0.358 e. The molecule has 0 bridgehead atoms. The number of aryl methyl sites for hydroxylation is 1. The van der Waals surface area contributed by atoms with E-state index in [2.05, 4.69) is 36.2 Å². The van der Waals surface area contributed by atoms with Crippen LogP contribution in [0.3, 0.4) is 0 Å². The maximum atomic E-state index is 13.3. The highest BCUT2D eigenvalue weighted by molar-refractivity contribution is 6.00. The molecule has 3 aromatic rings. The number of anilines is 1. The summed E-state index contributed by atoms with van der Waals surface area (Å²) in [7, 11) is 0. The summed E-state index contributed by atoms with van der Waals surface area (Å²) in [4.78, 5) is 33.1. The molecule has 1 N–H and O–H groups in total. The van der Waals surface area contributed by atoms with Crippen LogP contribution < -0.4 is 4.90 Å². The van der Waals surface area contributed by atoms with Gasteiger partial charge in [-0.05, 0) is 30.2 Å². The van der Waals surface area contributed by atoms with Crippen molar-refractivity contribution in [3.05, 3.63) is 65.4 Å². The number of benzene rings is 2. The second-order valence-corrected chi connectivity index (χ2v) is 8.07. The van der Waals surface area contributed by atoms with Crippen molar-refractivity contribution in [1.29, 1.82) is 0 Å². The topological polar surface area (TPSA) is 56.4 Å². The van der Waals surface area contributed by atoms with Crippen LogP contribution in [0.4, 0.5) is 5.69 Å². The van der Waals surface area contributed by atoms with E-state index in [1.165, 1.54) is 22.2 Å². The highest BCUT2D eigenvalue weighted by Gasteiger charge is 2.38. The third-order valence-electron chi connectivity index (χ3n) is 6.30. The largest absolute Gasteiger partial charge is 0.358 e. The first-order chi connectivity index (χ1) is 14.1. The molecule has 2 aromatic carbocycles. The predicted molar refractivity (Wildman–Crippen MR) is 114 cm³/mol. The van der Waals surface area contributed by atoms with Crippen LogP contribution in [0.15, 0.2) is 48.5 Å². The van der Waals surface area contributed by atoms with E-state index in [1.54, 1.807) is 4.90 Å². The summed E-state index contributed by atoms with van der Waals surface area (Å²) in [5.41, 5.74) is 5.69. The van der Waals surface area contributed by atoms with Gasteiger partial charge in [-0.1, -0.05) is 37.3 Å². The standard InChI is InChI=1S/C24H25N3O2/c1-2-16-6-5-7-18(12-16)27-14-17(13-23(27)28)24(29)26-11-10-22-20(15-26)19-8-3-4-9-21(19)25-22/h3-9,12,17,25H,2,10-11,13-15H2,1H3. The maximum absolute atomic E-state index is 13.3. The number of carbonyl (C=O) groups excluding carboxylic acids is 2. The SMILES string of the molecule is CCc1cccc(N2CC(C(=O)N3CCc4[nH]c5ccccc5c4C3)CC2=O)c1. The molecule has 1 saturated heterocycles. The first-order valence-corrected chi connectivity index (χ1v) is 10.4. The van der Waals surface area contributed by atoms with Crippen LogP contribution >= 0.6 is 0 Å². The highest BCUT2D eigenvalue weighted by atomic mass is 16.2. The van der Waals surface area contributed by atoms with Gasteiger partial charge in [0, 0.05) is 60.3 Å². The molecule has 3 heterocycles. The fourth-order valence-corrected chi connectivity index (χ4v) is 4.68. The number of H-pyrrole nitrogens is 1. The Labute approximate surface area is 170 Å². The Balaban J connectivity index is 1.34. The fourth-order valence-electron chi connectivity index (χ4n) is 4.68. The van der Waals surface area contributed by atoms with E-state index < -0.39 is 0 Å². The zero-order valence-electron chi connectivity index (χ0n) is 16.6. The van der Waals surface area contributed by atoms with Crippen LogP contribution in [-0.2, 0) is 29.0 Å². The van der Waals surface area contributed by atoms with Crippen molar-refractivity contribution in [1.82, 2.24) is 9.88 Å². The lowest BCUT2D eigenvalue weighted by Crippen LogP contribution is -2.40. The van der Waals surface area contributed by atoms with E-state index in [1.807, 2.05) is 29.2 Å². The zero-order valence-corrected chi connectivity index (χ0v) is 16.6. The van der Waals surface area contributed by atoms with Crippen LogP contribution in [0.25, 0.3) is 10.9 Å². The molecule has 1 atom stereocenters. The number of rotatable bonds is 3. The molecule has 1 unspecified atom stereocenters. The summed E-state index contributed by atoms with van der Waals surface area (Å²) >= 11 is 0. The molecule has 5 heteroatoms. The molecule has 0 saturated carbocycles. The fraction of sp³-hybridized carbons (Fsp3) is 0.333.